The number of aliphatic hydroxyl groups is 1. The van der Waals surface area contributed by atoms with Gasteiger partial charge in [0.25, 0.3) is 5.91 Å². The third-order valence-electron chi connectivity index (χ3n) is 3.97. The van der Waals surface area contributed by atoms with Gasteiger partial charge in [-0.2, -0.15) is 0 Å². The molecule has 1 aliphatic rings. The van der Waals surface area contributed by atoms with Gasteiger partial charge >= 0.3 is 0 Å². The molecule has 1 unspecified atom stereocenters. The fourth-order valence-electron chi connectivity index (χ4n) is 2.83. The molecule has 0 spiro atoms. The second-order valence-electron chi connectivity index (χ2n) is 5.49. The molecule has 1 N–H and O–H groups in total. The van der Waals surface area contributed by atoms with E-state index in [4.69, 9.17) is 0 Å². The molecule has 3 rings (SSSR count). The van der Waals surface area contributed by atoms with E-state index in [0.717, 1.165) is 5.56 Å². The fraction of sp³-hybridized carbons (Fsp3) is 0.222. The van der Waals surface area contributed by atoms with Crippen LogP contribution in [0.3, 0.4) is 0 Å². The number of aromatic nitrogens is 2. The number of pyridine rings is 2. The van der Waals surface area contributed by atoms with Crippen molar-refractivity contribution in [2.75, 3.05) is 0 Å². The predicted octanol–water partition coefficient (Wildman–Crippen LogP) is 2.35. The maximum Gasteiger partial charge on any atom is 0.290 e. The molecule has 0 fully saturated rings. The highest BCUT2D eigenvalue weighted by molar-refractivity contribution is 6.08. The van der Waals surface area contributed by atoms with Crippen LogP contribution in [0.4, 0.5) is 0 Å². The summed E-state index contributed by atoms with van der Waals surface area (Å²) < 4.78 is 0. The smallest absolute Gasteiger partial charge is 0.290 e. The molecule has 0 aliphatic carbocycles. The lowest BCUT2D eigenvalue weighted by molar-refractivity contribution is -0.130. The van der Waals surface area contributed by atoms with Crippen LogP contribution in [0.5, 0.6) is 0 Å². The topological polar surface area (TPSA) is 83.4 Å². The number of carbonyl (C=O) groups excluding carboxylic acids is 2. The van der Waals surface area contributed by atoms with Gasteiger partial charge in [0.15, 0.2) is 11.5 Å². The van der Waals surface area contributed by atoms with E-state index < -0.39 is 17.7 Å². The average Bonchev–Trinajstić information content (AvgIpc) is 2.87. The molecule has 2 aromatic heterocycles. The number of nitrogens with zero attached hydrogens (tertiary/aromatic N) is 3. The number of Topliss-reactive ketones (excluding diaryl/α,β-unsaturated/α-hetero) is 1. The summed E-state index contributed by atoms with van der Waals surface area (Å²) >= 11 is 0. The van der Waals surface area contributed by atoms with Crippen molar-refractivity contribution in [1.29, 1.82) is 0 Å². The van der Waals surface area contributed by atoms with Crippen LogP contribution < -0.4 is 0 Å². The lowest BCUT2D eigenvalue weighted by Gasteiger charge is -2.25. The van der Waals surface area contributed by atoms with Gasteiger partial charge < -0.3 is 10.0 Å². The summed E-state index contributed by atoms with van der Waals surface area (Å²) in [5.41, 5.74) is 1.48. The van der Waals surface area contributed by atoms with Crippen molar-refractivity contribution in [2.45, 2.75) is 25.9 Å². The van der Waals surface area contributed by atoms with Crippen LogP contribution in [0.2, 0.25) is 0 Å². The number of amides is 1. The van der Waals surface area contributed by atoms with Gasteiger partial charge in [-0.3, -0.25) is 19.6 Å². The molecule has 1 aliphatic heterocycles. The Morgan fingerprint density at radius 2 is 2.08 bits per heavy atom. The molecule has 0 bridgehead atoms. The van der Waals surface area contributed by atoms with Gasteiger partial charge in [-0.15, -0.1) is 0 Å². The highest BCUT2D eigenvalue weighted by Crippen LogP contribution is 2.38. The van der Waals surface area contributed by atoms with Crippen molar-refractivity contribution in [3.63, 3.8) is 0 Å². The van der Waals surface area contributed by atoms with E-state index in [1.807, 2.05) is 6.07 Å². The molecule has 2 aromatic rings. The second kappa shape index (κ2) is 6.62. The first kappa shape index (κ1) is 15.9. The number of hydrogen-bond acceptors (Lipinski definition) is 5. The van der Waals surface area contributed by atoms with Crippen LogP contribution in [0, 0.1) is 0 Å². The largest absolute Gasteiger partial charge is 0.503 e. The third-order valence-corrected chi connectivity index (χ3v) is 3.97. The zero-order valence-electron chi connectivity index (χ0n) is 13.2. The number of carbonyl (C=O) groups is 2. The zero-order chi connectivity index (χ0) is 17.1. The fourth-order valence-corrected chi connectivity index (χ4v) is 2.83. The maximum atomic E-state index is 12.5. The molecule has 0 radical (unpaired) electrons. The summed E-state index contributed by atoms with van der Waals surface area (Å²) in [5.74, 6) is -1.31. The number of rotatable bonds is 5. The molecule has 24 heavy (non-hydrogen) atoms. The summed E-state index contributed by atoms with van der Waals surface area (Å²) in [5, 5.41) is 10.3. The molecular weight excluding hydrogens is 306 g/mol. The Bertz CT molecular complexity index is 788. The monoisotopic (exact) mass is 323 g/mol. The van der Waals surface area contributed by atoms with E-state index in [-0.39, 0.29) is 24.3 Å². The minimum atomic E-state index is -0.689. The summed E-state index contributed by atoms with van der Waals surface area (Å²) in [4.78, 5) is 34.6. The molecule has 3 heterocycles. The summed E-state index contributed by atoms with van der Waals surface area (Å²) in [7, 11) is 0. The predicted molar refractivity (Wildman–Crippen MR) is 86.7 cm³/mol. The van der Waals surface area contributed by atoms with E-state index in [1.165, 1.54) is 4.90 Å². The Balaban J connectivity index is 2.04. The van der Waals surface area contributed by atoms with Gasteiger partial charge in [0.2, 0.25) is 0 Å². The first-order valence-electron chi connectivity index (χ1n) is 7.70. The molecular formula is C18H17N3O3. The van der Waals surface area contributed by atoms with E-state index in [9.17, 15) is 14.7 Å². The van der Waals surface area contributed by atoms with Crippen molar-refractivity contribution < 1.29 is 14.7 Å². The van der Waals surface area contributed by atoms with Gasteiger partial charge in [0.05, 0.1) is 11.3 Å². The van der Waals surface area contributed by atoms with Gasteiger partial charge in [0, 0.05) is 31.6 Å². The Labute approximate surface area is 139 Å². The van der Waals surface area contributed by atoms with E-state index in [2.05, 4.69) is 9.97 Å². The van der Waals surface area contributed by atoms with E-state index >= 15 is 0 Å². The summed E-state index contributed by atoms with van der Waals surface area (Å²) in [6.07, 6.45) is 5.11. The molecule has 0 saturated carbocycles. The Kier molecular flexibility index (Phi) is 4.37. The Morgan fingerprint density at radius 1 is 1.25 bits per heavy atom. The summed E-state index contributed by atoms with van der Waals surface area (Å²) in [6.45, 7) is 1.94. The minimum Gasteiger partial charge on any atom is -0.503 e. The second-order valence-corrected chi connectivity index (χ2v) is 5.49. The molecule has 0 saturated heterocycles. The number of hydrogen-bond donors (Lipinski definition) is 1. The van der Waals surface area contributed by atoms with Crippen molar-refractivity contribution in [3.8, 4) is 0 Å². The van der Waals surface area contributed by atoms with Crippen molar-refractivity contribution >= 4 is 11.7 Å². The zero-order valence-corrected chi connectivity index (χ0v) is 13.2. The van der Waals surface area contributed by atoms with E-state index in [1.54, 1.807) is 49.8 Å². The summed E-state index contributed by atoms with van der Waals surface area (Å²) in [6, 6.07) is 8.22. The van der Waals surface area contributed by atoms with Crippen LogP contribution in [0.1, 0.15) is 30.6 Å². The Morgan fingerprint density at radius 3 is 2.71 bits per heavy atom. The van der Waals surface area contributed by atoms with Crippen LogP contribution in [-0.4, -0.2) is 31.7 Å². The first-order valence-corrected chi connectivity index (χ1v) is 7.70. The quantitative estimate of drug-likeness (QED) is 0.913. The SMILES string of the molecule is CCC(=O)C1=C(O)C(=O)N(Cc2cccnc2)C1c1ccccn1. The van der Waals surface area contributed by atoms with Gasteiger partial charge in [-0.25, -0.2) is 0 Å². The minimum absolute atomic E-state index is 0.116. The lowest BCUT2D eigenvalue weighted by Crippen LogP contribution is -2.31. The van der Waals surface area contributed by atoms with E-state index in [0.29, 0.717) is 5.69 Å². The average molecular weight is 323 g/mol. The van der Waals surface area contributed by atoms with Crippen LogP contribution in [0.25, 0.3) is 0 Å². The molecule has 6 nitrogen and oxygen atoms in total. The Hall–Kier alpha value is -3.02. The lowest BCUT2D eigenvalue weighted by atomic mass is 9.98. The highest BCUT2D eigenvalue weighted by atomic mass is 16.3. The first-order chi connectivity index (χ1) is 11.6. The van der Waals surface area contributed by atoms with Crippen LogP contribution in [-0.2, 0) is 16.1 Å². The molecule has 0 aromatic carbocycles. The van der Waals surface area contributed by atoms with Crippen LogP contribution in [0.15, 0.2) is 60.3 Å². The third kappa shape index (κ3) is 2.78. The molecule has 1 atom stereocenters. The molecule has 6 heteroatoms. The molecule has 1 amide bonds. The highest BCUT2D eigenvalue weighted by Gasteiger charge is 2.43. The normalized spacial score (nSPS) is 17.5. The van der Waals surface area contributed by atoms with Crippen molar-refractivity contribution in [3.05, 3.63) is 71.5 Å². The maximum absolute atomic E-state index is 12.5. The van der Waals surface area contributed by atoms with Crippen molar-refractivity contribution in [2.24, 2.45) is 0 Å². The van der Waals surface area contributed by atoms with Gasteiger partial charge in [-0.05, 0) is 23.8 Å². The van der Waals surface area contributed by atoms with Crippen LogP contribution >= 0.6 is 0 Å². The standard InChI is InChI=1S/C18H17N3O3/c1-2-14(22)15-16(13-7-3-4-9-20-13)21(18(24)17(15)23)11-12-6-5-8-19-10-12/h3-10,16,23H,2,11H2,1H3. The molecule has 122 valence electrons. The van der Waals surface area contributed by atoms with Crippen molar-refractivity contribution in [1.82, 2.24) is 14.9 Å². The van der Waals surface area contributed by atoms with Gasteiger partial charge in [-0.1, -0.05) is 19.1 Å². The number of aliphatic hydroxyl groups excluding tert-OH is 1. The van der Waals surface area contributed by atoms with Gasteiger partial charge in [0.1, 0.15) is 6.04 Å². The number of ketones is 1.